The highest BCUT2D eigenvalue weighted by atomic mass is 28.4. The van der Waals surface area contributed by atoms with Crippen LogP contribution in [0.2, 0.25) is 18.1 Å². The number of hydrogen-bond donors (Lipinski definition) is 2. The van der Waals surface area contributed by atoms with E-state index in [1.54, 1.807) is 21.3 Å². The van der Waals surface area contributed by atoms with E-state index >= 15 is 0 Å². The maximum atomic E-state index is 12.7. The average Bonchev–Trinajstić information content (AvgIpc) is 2.94. The Hall–Kier alpha value is -2.29. The van der Waals surface area contributed by atoms with Gasteiger partial charge in [0.25, 0.3) is 5.91 Å². The summed E-state index contributed by atoms with van der Waals surface area (Å²) in [4.78, 5) is 23.7. The zero-order chi connectivity index (χ0) is 34.5. The van der Waals surface area contributed by atoms with E-state index in [1.165, 1.54) is 11.1 Å². The quantitative estimate of drug-likeness (QED) is 0.0683. The van der Waals surface area contributed by atoms with Gasteiger partial charge in [0.05, 0.1) is 18.3 Å². The van der Waals surface area contributed by atoms with Crippen molar-refractivity contribution in [2.45, 2.75) is 111 Å². The summed E-state index contributed by atoms with van der Waals surface area (Å²) in [5.74, 6) is 0.379. The molecular weight excluding hydrogens is 579 g/mol. The first-order chi connectivity index (χ1) is 20.9. The second-order valence-electron chi connectivity index (χ2n) is 14.0. The van der Waals surface area contributed by atoms with Gasteiger partial charge in [-0.05, 0) is 94.3 Å². The van der Waals surface area contributed by atoms with Gasteiger partial charge in [-0.25, -0.2) is 0 Å². The Kier molecular flexibility index (Phi) is 17.0. The lowest BCUT2D eigenvalue weighted by Crippen LogP contribution is -2.42. The number of hydrogen-bond acceptors (Lipinski definition) is 5. The molecule has 2 N–H and O–H groups in total. The fourth-order valence-corrected chi connectivity index (χ4v) is 6.66. The molecule has 1 rings (SSSR count). The summed E-state index contributed by atoms with van der Waals surface area (Å²) in [5.41, 5.74) is 4.96. The number of allylic oxidation sites excluding steroid dienone is 3. The van der Waals surface area contributed by atoms with Gasteiger partial charge in [-0.1, -0.05) is 69.7 Å². The number of nitrogens with one attached hydrogen (secondary N) is 1. The van der Waals surface area contributed by atoms with Gasteiger partial charge < -0.3 is 24.3 Å². The van der Waals surface area contributed by atoms with Crippen molar-refractivity contribution in [1.82, 2.24) is 0 Å². The van der Waals surface area contributed by atoms with Crippen LogP contribution in [0.4, 0.5) is 5.69 Å². The Morgan fingerprint density at radius 1 is 1.09 bits per heavy atom. The summed E-state index contributed by atoms with van der Waals surface area (Å²) < 4.78 is 18.0. The number of benzene rings is 1. The lowest BCUT2D eigenvalue weighted by atomic mass is 9.82. The molecular formula is C38H63NO5Si. The molecule has 0 saturated carbocycles. The monoisotopic (exact) mass is 641 g/mol. The highest BCUT2D eigenvalue weighted by molar-refractivity contribution is 6.72. The molecule has 0 unspecified atom stereocenters. The molecule has 0 aromatic heterocycles. The fourth-order valence-electron chi connectivity index (χ4n) is 5.94. The molecule has 0 aliphatic rings. The molecule has 1 aromatic carbocycles. The van der Waals surface area contributed by atoms with Crippen LogP contribution in [0.5, 0.6) is 0 Å². The van der Waals surface area contributed by atoms with Gasteiger partial charge in [0, 0.05) is 44.4 Å². The first-order valence-corrected chi connectivity index (χ1v) is 19.2. The maximum absolute atomic E-state index is 12.7. The zero-order valence-electron chi connectivity index (χ0n) is 30.5. The van der Waals surface area contributed by atoms with Crippen molar-refractivity contribution in [3.63, 3.8) is 0 Å². The minimum atomic E-state index is -2.42. The number of ether oxygens (including phenoxy) is 3. The molecule has 45 heavy (non-hydrogen) atoms. The topological polar surface area (TPSA) is 77.0 Å². The van der Waals surface area contributed by atoms with Crippen LogP contribution in [0.15, 0.2) is 66.3 Å². The SMILES string of the molecule is C=C[C@H](OC)[C@@H](CC(C)(C)[Si](C)(C)O)/C(C)=C/[C@H](C)[C@@H](OC)[C@H](C[C@H](C)Cc1cc(C)cc(NC(=O)/C(C)=C/C=C/C)c1)OC. The van der Waals surface area contributed by atoms with Gasteiger partial charge in [0.1, 0.15) is 0 Å². The highest BCUT2D eigenvalue weighted by Crippen LogP contribution is 2.44. The largest absolute Gasteiger partial charge is 0.432 e. The van der Waals surface area contributed by atoms with Crippen LogP contribution in [-0.4, -0.2) is 58.7 Å². The number of rotatable bonds is 19. The van der Waals surface area contributed by atoms with Crippen LogP contribution < -0.4 is 5.32 Å². The number of methoxy groups -OCH3 is 3. The highest BCUT2D eigenvalue weighted by Gasteiger charge is 2.41. The van der Waals surface area contributed by atoms with Crippen molar-refractivity contribution < 1.29 is 23.8 Å². The van der Waals surface area contributed by atoms with Gasteiger partial charge in [-0.2, -0.15) is 0 Å². The molecule has 0 aliphatic heterocycles. The predicted molar refractivity (Wildman–Crippen MR) is 193 cm³/mol. The van der Waals surface area contributed by atoms with E-state index < -0.39 is 8.32 Å². The molecule has 7 heteroatoms. The van der Waals surface area contributed by atoms with Gasteiger partial charge in [0.15, 0.2) is 8.32 Å². The summed E-state index contributed by atoms with van der Waals surface area (Å²) in [6.45, 7) is 24.7. The molecule has 6 nitrogen and oxygen atoms in total. The molecule has 0 fully saturated rings. The minimum absolute atomic E-state index is 0.0825. The number of carbonyl (C=O) groups excluding carboxylic acids is 1. The molecule has 6 atom stereocenters. The van der Waals surface area contributed by atoms with Crippen LogP contribution in [0.3, 0.4) is 0 Å². The van der Waals surface area contributed by atoms with Gasteiger partial charge in [0.2, 0.25) is 0 Å². The van der Waals surface area contributed by atoms with Crippen molar-refractivity contribution in [3.8, 4) is 0 Å². The number of carbonyl (C=O) groups is 1. The molecule has 0 radical (unpaired) electrons. The molecule has 0 heterocycles. The van der Waals surface area contributed by atoms with Crippen molar-refractivity contribution in [2.75, 3.05) is 26.6 Å². The van der Waals surface area contributed by atoms with Crippen LogP contribution in [0, 0.1) is 24.7 Å². The maximum Gasteiger partial charge on any atom is 0.251 e. The van der Waals surface area contributed by atoms with Crippen molar-refractivity contribution >= 4 is 19.9 Å². The number of anilines is 1. The average molecular weight is 642 g/mol. The van der Waals surface area contributed by atoms with E-state index in [0.717, 1.165) is 30.5 Å². The first-order valence-electron chi connectivity index (χ1n) is 16.3. The normalized spacial score (nSPS) is 17.5. The molecule has 1 aromatic rings. The second kappa shape index (κ2) is 18.8. The van der Waals surface area contributed by atoms with Crippen LogP contribution in [0.25, 0.3) is 0 Å². The van der Waals surface area contributed by atoms with Crippen LogP contribution >= 0.6 is 0 Å². The summed E-state index contributed by atoms with van der Waals surface area (Å²) in [6, 6.07) is 6.25. The minimum Gasteiger partial charge on any atom is -0.432 e. The van der Waals surface area contributed by atoms with Crippen molar-refractivity contribution in [2.24, 2.45) is 17.8 Å². The Labute approximate surface area is 276 Å². The number of aryl methyl sites for hydroxylation is 1. The summed E-state index contributed by atoms with van der Waals surface area (Å²) in [7, 11) is 2.81. The van der Waals surface area contributed by atoms with Gasteiger partial charge >= 0.3 is 0 Å². The van der Waals surface area contributed by atoms with Gasteiger partial charge in [-0.3, -0.25) is 4.79 Å². The lowest BCUT2D eigenvalue weighted by molar-refractivity contribution is -0.112. The van der Waals surface area contributed by atoms with Crippen LogP contribution in [-0.2, 0) is 25.4 Å². The summed E-state index contributed by atoms with van der Waals surface area (Å²) >= 11 is 0. The molecule has 0 bridgehead atoms. The Bertz CT molecular complexity index is 1180. The first kappa shape index (κ1) is 40.7. The third-order valence-corrected chi connectivity index (χ3v) is 12.9. The van der Waals surface area contributed by atoms with E-state index in [0.29, 0.717) is 11.5 Å². The number of amides is 1. The Balaban J connectivity index is 3.15. The van der Waals surface area contributed by atoms with E-state index in [9.17, 15) is 9.59 Å². The van der Waals surface area contributed by atoms with Crippen molar-refractivity contribution in [1.29, 1.82) is 0 Å². The molecule has 0 saturated heterocycles. The summed E-state index contributed by atoms with van der Waals surface area (Å²) in [6.07, 6.45) is 11.8. The van der Waals surface area contributed by atoms with E-state index in [1.807, 2.05) is 57.3 Å². The zero-order valence-corrected chi connectivity index (χ0v) is 31.5. The van der Waals surface area contributed by atoms with E-state index in [2.05, 4.69) is 71.6 Å². The van der Waals surface area contributed by atoms with Crippen molar-refractivity contribution in [3.05, 3.63) is 77.4 Å². The third kappa shape index (κ3) is 12.8. The van der Waals surface area contributed by atoms with E-state index in [-0.39, 0.29) is 41.1 Å². The molecule has 0 spiro atoms. The third-order valence-electron chi connectivity index (χ3n) is 9.37. The predicted octanol–water partition coefficient (Wildman–Crippen LogP) is 8.82. The Morgan fingerprint density at radius 3 is 2.24 bits per heavy atom. The Morgan fingerprint density at radius 2 is 1.73 bits per heavy atom. The van der Waals surface area contributed by atoms with E-state index in [4.69, 9.17) is 14.2 Å². The molecule has 0 aliphatic carbocycles. The standard InChI is InChI=1S/C38H63NO5Si/c1-15-17-18-28(5)37(40)39-32-21-26(3)19-31(24-32)20-27(4)22-35(43-11)36(44-12)30(7)23-29(6)33(34(16-2)42-10)25-38(8,9)45(13,14)41/h15-19,21,23-24,27,30,33-36,41H,2,20,22,25H2,1,3-14H3,(H,39,40)/b17-15+,28-18+,29-23+/t27-,30+,33+,34+,35+,36-/m1/s1. The second-order valence-corrected chi connectivity index (χ2v) is 18.5. The van der Waals surface area contributed by atoms with Gasteiger partial charge in [-0.15, -0.1) is 6.58 Å². The fraction of sp³-hybridized carbons (Fsp3) is 0.605. The smallest absolute Gasteiger partial charge is 0.251 e. The molecule has 1 amide bonds. The molecule has 254 valence electrons. The van der Waals surface area contributed by atoms with Crippen LogP contribution in [0.1, 0.15) is 72.4 Å². The lowest BCUT2D eigenvalue weighted by Gasteiger charge is -2.40. The summed E-state index contributed by atoms with van der Waals surface area (Å²) in [5, 5.41) is 2.84.